The summed E-state index contributed by atoms with van der Waals surface area (Å²) in [5.74, 6) is 0.0382. The molecule has 134 valence electrons. The summed E-state index contributed by atoms with van der Waals surface area (Å²) in [5.41, 5.74) is -0.750. The van der Waals surface area contributed by atoms with Crippen LogP contribution in [0, 0.1) is 5.92 Å². The fourth-order valence-electron chi connectivity index (χ4n) is 4.37. The highest BCUT2D eigenvalue weighted by atomic mass is 16.2. The Morgan fingerprint density at radius 3 is 2.46 bits per heavy atom. The Morgan fingerprint density at radius 1 is 1.21 bits per heavy atom. The van der Waals surface area contributed by atoms with Crippen LogP contribution in [0.1, 0.15) is 39.0 Å². The van der Waals surface area contributed by atoms with Crippen molar-refractivity contribution in [1.82, 2.24) is 20.0 Å². The van der Waals surface area contributed by atoms with Gasteiger partial charge in [-0.2, -0.15) is 0 Å². The number of hydrogen-bond acceptors (Lipinski definition) is 4. The minimum absolute atomic E-state index is 0.137. The number of carbonyl (C=O) groups excluding carboxylic acids is 3. The fourth-order valence-corrected chi connectivity index (χ4v) is 4.37. The molecule has 2 atom stereocenters. The zero-order valence-corrected chi connectivity index (χ0v) is 14.9. The van der Waals surface area contributed by atoms with Gasteiger partial charge in [0.15, 0.2) is 0 Å². The minimum atomic E-state index is -0.750. The van der Waals surface area contributed by atoms with E-state index in [-0.39, 0.29) is 18.4 Å². The third-order valence-electron chi connectivity index (χ3n) is 5.84. The molecule has 4 amide bonds. The molecule has 24 heavy (non-hydrogen) atoms. The van der Waals surface area contributed by atoms with Crippen molar-refractivity contribution in [1.29, 1.82) is 0 Å². The number of nitrogens with one attached hydrogen (secondary N) is 1. The first-order valence-electron chi connectivity index (χ1n) is 8.92. The van der Waals surface area contributed by atoms with Gasteiger partial charge in [-0.25, -0.2) is 4.79 Å². The van der Waals surface area contributed by atoms with Crippen LogP contribution >= 0.6 is 0 Å². The average molecular weight is 336 g/mol. The van der Waals surface area contributed by atoms with Gasteiger partial charge >= 0.3 is 6.03 Å². The normalized spacial score (nSPS) is 29.7. The lowest BCUT2D eigenvalue weighted by atomic mass is 9.82. The zero-order valence-electron chi connectivity index (χ0n) is 14.9. The molecule has 1 N–H and O–H groups in total. The van der Waals surface area contributed by atoms with E-state index in [9.17, 15) is 14.4 Å². The Balaban J connectivity index is 1.64. The number of imide groups is 1. The molecule has 3 fully saturated rings. The summed E-state index contributed by atoms with van der Waals surface area (Å²) in [6.07, 6.45) is 4.36. The summed E-state index contributed by atoms with van der Waals surface area (Å²) >= 11 is 0. The van der Waals surface area contributed by atoms with Gasteiger partial charge in [0.25, 0.3) is 5.91 Å². The van der Waals surface area contributed by atoms with Gasteiger partial charge in [-0.15, -0.1) is 0 Å². The molecule has 0 aromatic rings. The zero-order chi connectivity index (χ0) is 17.5. The van der Waals surface area contributed by atoms with Crippen LogP contribution in [0.25, 0.3) is 0 Å². The predicted molar refractivity (Wildman–Crippen MR) is 89.3 cm³/mol. The van der Waals surface area contributed by atoms with E-state index in [4.69, 9.17) is 0 Å². The monoisotopic (exact) mass is 336 g/mol. The van der Waals surface area contributed by atoms with Crippen LogP contribution in [0.3, 0.4) is 0 Å². The average Bonchev–Trinajstić information content (AvgIpc) is 3.03. The molecular weight excluding hydrogens is 308 g/mol. The Bertz CT molecular complexity index is 542. The summed E-state index contributed by atoms with van der Waals surface area (Å²) in [6, 6.07) is -0.0894. The van der Waals surface area contributed by atoms with Gasteiger partial charge in [0, 0.05) is 19.1 Å². The molecule has 0 aromatic carbocycles. The quantitative estimate of drug-likeness (QED) is 0.768. The topological polar surface area (TPSA) is 73.0 Å². The molecule has 1 aliphatic carbocycles. The van der Waals surface area contributed by atoms with Gasteiger partial charge in [0.05, 0.1) is 0 Å². The molecule has 0 bridgehead atoms. The van der Waals surface area contributed by atoms with E-state index in [0.29, 0.717) is 37.9 Å². The molecule has 7 nitrogen and oxygen atoms in total. The van der Waals surface area contributed by atoms with Crippen LogP contribution in [0.15, 0.2) is 0 Å². The van der Waals surface area contributed by atoms with E-state index in [1.165, 1.54) is 0 Å². The maximum atomic E-state index is 12.7. The van der Waals surface area contributed by atoms with Crippen LogP contribution in [-0.4, -0.2) is 77.9 Å². The van der Waals surface area contributed by atoms with E-state index < -0.39 is 11.6 Å². The van der Waals surface area contributed by atoms with E-state index in [1.54, 1.807) is 4.90 Å². The highest BCUT2D eigenvalue weighted by Crippen LogP contribution is 2.33. The second kappa shape index (κ2) is 6.35. The van der Waals surface area contributed by atoms with Gasteiger partial charge in [0.1, 0.15) is 12.1 Å². The highest BCUT2D eigenvalue weighted by Gasteiger charge is 2.52. The standard InChI is InChI=1S/C17H28N4O3/c1-12-9-20(10-13(12)19(2)3)14(22)11-21-15(23)17(18-16(21)24)7-5-4-6-8-17/h12-13H,4-11H2,1-3H3,(H,18,24)/t12-,13+/m0/s1. The second-order valence-corrected chi connectivity index (χ2v) is 7.77. The minimum Gasteiger partial charge on any atom is -0.339 e. The Labute approximate surface area is 143 Å². The Morgan fingerprint density at radius 2 is 1.88 bits per heavy atom. The van der Waals surface area contributed by atoms with Gasteiger partial charge in [-0.3, -0.25) is 14.5 Å². The van der Waals surface area contributed by atoms with Crippen molar-refractivity contribution in [3.05, 3.63) is 0 Å². The maximum absolute atomic E-state index is 12.7. The first-order valence-corrected chi connectivity index (χ1v) is 8.92. The smallest absolute Gasteiger partial charge is 0.325 e. The van der Waals surface area contributed by atoms with Gasteiger partial charge in [-0.1, -0.05) is 26.2 Å². The third-order valence-corrected chi connectivity index (χ3v) is 5.84. The molecule has 1 saturated carbocycles. The molecule has 7 heteroatoms. The lowest BCUT2D eigenvalue weighted by molar-refractivity contribution is -0.139. The fraction of sp³-hybridized carbons (Fsp3) is 0.824. The summed E-state index contributed by atoms with van der Waals surface area (Å²) in [5, 5.41) is 2.86. The van der Waals surface area contributed by atoms with Crippen molar-refractivity contribution in [2.45, 2.75) is 50.6 Å². The first kappa shape index (κ1) is 17.2. The van der Waals surface area contributed by atoms with Crippen LogP contribution in [0.2, 0.25) is 0 Å². The largest absolute Gasteiger partial charge is 0.339 e. The summed E-state index contributed by atoms with van der Waals surface area (Å²) < 4.78 is 0. The number of urea groups is 1. The molecule has 0 radical (unpaired) electrons. The van der Waals surface area contributed by atoms with E-state index >= 15 is 0 Å². The van der Waals surface area contributed by atoms with E-state index in [0.717, 1.165) is 24.2 Å². The van der Waals surface area contributed by atoms with Crippen LogP contribution in [-0.2, 0) is 9.59 Å². The summed E-state index contributed by atoms with van der Waals surface area (Å²) in [6.45, 7) is 3.32. The lowest BCUT2D eigenvalue weighted by Gasteiger charge is -2.30. The molecule has 2 heterocycles. The van der Waals surface area contributed by atoms with Crippen molar-refractivity contribution in [2.24, 2.45) is 5.92 Å². The number of carbonyl (C=O) groups is 3. The van der Waals surface area contributed by atoms with Crippen LogP contribution in [0.5, 0.6) is 0 Å². The SMILES string of the molecule is C[C@H]1CN(C(=O)CN2C(=O)NC3(CCCCC3)C2=O)C[C@H]1N(C)C. The van der Waals surface area contributed by atoms with Gasteiger partial charge < -0.3 is 15.1 Å². The maximum Gasteiger partial charge on any atom is 0.325 e. The Kier molecular flexibility index (Phi) is 4.55. The summed E-state index contributed by atoms with van der Waals surface area (Å²) in [7, 11) is 4.03. The predicted octanol–water partition coefficient (Wildman–Crippen LogP) is 0.650. The van der Waals surface area contributed by atoms with E-state index in [1.807, 2.05) is 14.1 Å². The molecule has 0 unspecified atom stereocenters. The van der Waals surface area contributed by atoms with Crippen molar-refractivity contribution in [3.8, 4) is 0 Å². The molecule has 0 aromatic heterocycles. The van der Waals surface area contributed by atoms with Crippen molar-refractivity contribution < 1.29 is 14.4 Å². The molecule has 3 rings (SSSR count). The Hall–Kier alpha value is -1.63. The first-order chi connectivity index (χ1) is 11.3. The molecule has 2 saturated heterocycles. The number of likely N-dealkylation sites (tertiary alicyclic amines) is 1. The van der Waals surface area contributed by atoms with Crippen LogP contribution in [0.4, 0.5) is 4.79 Å². The molecule has 3 aliphatic rings. The number of nitrogens with zero attached hydrogens (tertiary/aromatic N) is 3. The second-order valence-electron chi connectivity index (χ2n) is 7.77. The number of amides is 4. The van der Waals surface area contributed by atoms with E-state index in [2.05, 4.69) is 17.1 Å². The third kappa shape index (κ3) is 2.90. The number of rotatable bonds is 3. The molecule has 1 spiro atoms. The van der Waals surface area contributed by atoms with Crippen molar-refractivity contribution in [2.75, 3.05) is 33.7 Å². The number of hydrogen-bond donors (Lipinski definition) is 1. The van der Waals surface area contributed by atoms with Gasteiger partial charge in [-0.05, 0) is 32.9 Å². The highest BCUT2D eigenvalue weighted by molar-refractivity contribution is 6.09. The van der Waals surface area contributed by atoms with Gasteiger partial charge in [0.2, 0.25) is 5.91 Å². The molecular formula is C17H28N4O3. The van der Waals surface area contributed by atoms with Crippen molar-refractivity contribution >= 4 is 17.8 Å². The summed E-state index contributed by atoms with van der Waals surface area (Å²) in [4.78, 5) is 42.6. The lowest BCUT2D eigenvalue weighted by Crippen LogP contribution is -2.49. The van der Waals surface area contributed by atoms with Crippen molar-refractivity contribution in [3.63, 3.8) is 0 Å². The molecule has 2 aliphatic heterocycles. The number of likely N-dealkylation sites (N-methyl/N-ethyl adjacent to an activating group) is 1. The van der Waals surface area contributed by atoms with Crippen LogP contribution < -0.4 is 5.32 Å².